The quantitative estimate of drug-likeness (QED) is 0.397. The van der Waals surface area contributed by atoms with Gasteiger partial charge in [-0.1, -0.05) is 6.07 Å². The molecule has 2 aromatic rings. The summed E-state index contributed by atoms with van der Waals surface area (Å²) < 4.78 is 23.3. The maximum atomic E-state index is 12.8. The van der Waals surface area contributed by atoms with E-state index in [9.17, 15) is 20.0 Å². The molecule has 0 aromatic heterocycles. The molecule has 214 valence electrons. The van der Waals surface area contributed by atoms with Crippen molar-refractivity contribution >= 4 is 23.5 Å². The smallest absolute Gasteiger partial charge is 0.375 e. The second kappa shape index (κ2) is 9.28. The van der Waals surface area contributed by atoms with E-state index < -0.39 is 23.8 Å². The molecule has 1 N–H and O–H groups in total. The number of likely N-dealkylation sites (N-methyl/N-ethyl adjacent to an activating group) is 1. The molecule has 1 unspecified atom stereocenters. The third kappa shape index (κ3) is 3.44. The molecule has 41 heavy (non-hydrogen) atoms. The van der Waals surface area contributed by atoms with Crippen LogP contribution in [0.3, 0.4) is 0 Å². The van der Waals surface area contributed by atoms with Crippen molar-refractivity contribution < 1.29 is 33.6 Å². The van der Waals surface area contributed by atoms with Gasteiger partial charge in [0, 0.05) is 28.5 Å². The number of esters is 1. The van der Waals surface area contributed by atoms with Gasteiger partial charge >= 0.3 is 5.97 Å². The Morgan fingerprint density at radius 3 is 2.59 bits per heavy atom. The van der Waals surface area contributed by atoms with Crippen LogP contribution in [0.25, 0.3) is 0 Å². The van der Waals surface area contributed by atoms with Crippen LogP contribution in [0.2, 0.25) is 0 Å². The maximum Gasteiger partial charge on any atom is 0.375 e. The number of benzene rings is 2. The highest BCUT2D eigenvalue weighted by Gasteiger charge is 2.60. The maximum absolute atomic E-state index is 12.8. The number of rotatable bonds is 1. The Balaban J connectivity index is 1.55. The zero-order valence-electron chi connectivity index (χ0n) is 23.5. The van der Waals surface area contributed by atoms with Gasteiger partial charge in [-0.05, 0) is 62.1 Å². The lowest BCUT2D eigenvalue weighted by Gasteiger charge is -2.61. The summed E-state index contributed by atoms with van der Waals surface area (Å²) in [4.78, 5) is 29.9. The average molecular weight is 578 g/mol. The van der Waals surface area contributed by atoms with E-state index in [1.54, 1.807) is 7.11 Å². The third-order valence-corrected chi connectivity index (χ3v) is 11.0. The minimum atomic E-state index is -0.869. The molecule has 0 saturated carbocycles. The van der Waals surface area contributed by atoms with E-state index in [1.165, 1.54) is 11.8 Å². The fourth-order valence-corrected chi connectivity index (χ4v) is 9.26. The molecule has 2 aromatic carbocycles. The number of aromatic hydroxyl groups is 1. The Morgan fingerprint density at radius 2 is 1.85 bits per heavy atom. The first kappa shape index (κ1) is 26.4. The number of phenols is 1. The number of ether oxygens (including phenoxy) is 4. The summed E-state index contributed by atoms with van der Waals surface area (Å²) in [6, 6.07) is 2.67. The zero-order valence-corrected chi connectivity index (χ0v) is 24.3. The van der Waals surface area contributed by atoms with Gasteiger partial charge in [0.25, 0.3) is 0 Å². The molecule has 5 aliphatic rings. The number of piperazine rings is 1. The molecule has 2 fully saturated rings. The van der Waals surface area contributed by atoms with Crippen molar-refractivity contribution in [3.63, 3.8) is 0 Å². The number of hydrogen-bond acceptors (Lipinski definition) is 11. The van der Waals surface area contributed by atoms with Crippen LogP contribution in [0.15, 0.2) is 6.07 Å². The standard InChI is InChI=1S/C30H31N3O7S/c1-12-6-15-7-16-17(8-31)33-18-9-38-30(36)19(34)10-41-29(20-13(2)14(3)27-28(22(18)20)40-11-39-27)24(33)23(32(16)4)21(15)25(35)26(12)37-5/h6,16-18,23-24,29,35H,7,9-11H2,1-5H3/t16-,17-,18-,23+,24?,29+/m0/s1. The molecule has 0 aliphatic carbocycles. The van der Waals surface area contributed by atoms with Crippen molar-refractivity contribution in [1.29, 1.82) is 5.26 Å². The van der Waals surface area contributed by atoms with Crippen LogP contribution >= 0.6 is 11.8 Å². The molecule has 0 spiro atoms. The highest BCUT2D eigenvalue weighted by atomic mass is 32.2. The Bertz CT molecular complexity index is 1570. The number of hydrogen-bond donors (Lipinski definition) is 1. The number of methoxy groups -OCH3 is 1. The highest BCUT2D eigenvalue weighted by Crippen LogP contribution is 2.62. The number of nitriles is 1. The third-order valence-electron chi connectivity index (χ3n) is 9.68. The van der Waals surface area contributed by atoms with Crippen LogP contribution < -0.4 is 14.2 Å². The molecule has 11 heteroatoms. The lowest BCUT2D eigenvalue weighted by atomic mass is 9.71. The fourth-order valence-electron chi connectivity index (χ4n) is 7.85. The lowest BCUT2D eigenvalue weighted by molar-refractivity contribution is -0.157. The summed E-state index contributed by atoms with van der Waals surface area (Å²) in [6.45, 7) is 5.92. The van der Waals surface area contributed by atoms with Crippen molar-refractivity contribution in [1.82, 2.24) is 9.80 Å². The summed E-state index contributed by atoms with van der Waals surface area (Å²) in [5.41, 5.74) is 6.45. The van der Waals surface area contributed by atoms with E-state index in [0.29, 0.717) is 23.7 Å². The summed E-state index contributed by atoms with van der Waals surface area (Å²) in [5.74, 6) is 0.286. The van der Waals surface area contributed by atoms with Gasteiger partial charge in [-0.2, -0.15) is 5.26 Å². The van der Waals surface area contributed by atoms with E-state index in [0.717, 1.165) is 38.9 Å². The van der Waals surface area contributed by atoms with Crippen molar-refractivity contribution in [3.05, 3.63) is 45.0 Å². The predicted octanol–water partition coefficient (Wildman–Crippen LogP) is 3.18. The van der Waals surface area contributed by atoms with Crippen molar-refractivity contribution in [2.24, 2.45) is 0 Å². The number of carbonyl (C=O) groups excluding carboxylic acids is 2. The normalized spacial score (nSPS) is 30.1. The Labute approximate surface area is 242 Å². The molecular weight excluding hydrogens is 546 g/mol. The number of aryl methyl sites for hydroxylation is 1. The van der Waals surface area contributed by atoms with Crippen LogP contribution in [0.4, 0.5) is 0 Å². The van der Waals surface area contributed by atoms with E-state index in [-0.39, 0.29) is 48.3 Å². The predicted molar refractivity (Wildman–Crippen MR) is 148 cm³/mol. The average Bonchev–Trinajstić information content (AvgIpc) is 3.44. The van der Waals surface area contributed by atoms with E-state index >= 15 is 0 Å². The molecule has 2 saturated heterocycles. The molecule has 7 rings (SSSR count). The van der Waals surface area contributed by atoms with Crippen LogP contribution in [0.1, 0.15) is 56.3 Å². The van der Waals surface area contributed by atoms with Gasteiger partial charge in [-0.3, -0.25) is 14.6 Å². The molecule has 0 amide bonds. The van der Waals surface area contributed by atoms with Crippen molar-refractivity contribution in [2.45, 2.75) is 62.7 Å². The number of phenolic OH excluding ortho intramolecular Hbond substituents is 1. The van der Waals surface area contributed by atoms with Crippen LogP contribution in [0, 0.1) is 32.1 Å². The monoisotopic (exact) mass is 577 g/mol. The highest BCUT2D eigenvalue weighted by molar-refractivity contribution is 8.00. The zero-order chi connectivity index (χ0) is 28.9. The number of Topliss-reactive ketones (excluding diaryl/α,β-unsaturated/α-hetero) is 1. The molecule has 10 nitrogen and oxygen atoms in total. The summed E-state index contributed by atoms with van der Waals surface area (Å²) in [6.07, 6.45) is 0.558. The largest absolute Gasteiger partial charge is 0.504 e. The van der Waals surface area contributed by atoms with Gasteiger partial charge in [0.1, 0.15) is 12.6 Å². The minimum absolute atomic E-state index is 0.0714. The van der Waals surface area contributed by atoms with Crippen LogP contribution in [0.5, 0.6) is 23.0 Å². The molecule has 5 heterocycles. The molecule has 6 atom stereocenters. The number of nitrogens with zero attached hydrogens (tertiary/aromatic N) is 3. The van der Waals surface area contributed by atoms with Crippen molar-refractivity contribution in [3.8, 4) is 29.1 Å². The van der Waals surface area contributed by atoms with Crippen LogP contribution in [-0.4, -0.2) is 78.1 Å². The van der Waals surface area contributed by atoms with E-state index in [2.05, 4.69) is 21.9 Å². The van der Waals surface area contributed by atoms with Gasteiger partial charge in [0.15, 0.2) is 23.0 Å². The second-order valence-electron chi connectivity index (χ2n) is 11.5. The molecule has 4 bridgehead atoms. The topological polar surface area (TPSA) is 122 Å². The number of fused-ring (bicyclic) bond motifs is 9. The Hall–Kier alpha value is -3.46. The minimum Gasteiger partial charge on any atom is -0.504 e. The van der Waals surface area contributed by atoms with Gasteiger partial charge < -0.3 is 24.1 Å². The van der Waals surface area contributed by atoms with Gasteiger partial charge in [0.05, 0.1) is 31.0 Å². The first-order valence-electron chi connectivity index (χ1n) is 13.7. The summed E-state index contributed by atoms with van der Waals surface area (Å²) in [7, 11) is 3.56. The van der Waals surface area contributed by atoms with Gasteiger partial charge in [-0.25, -0.2) is 4.79 Å². The Morgan fingerprint density at radius 1 is 1.10 bits per heavy atom. The SMILES string of the molecule is COc1c(C)cc2c(c1O)[C@@H]1C3[C@@H]4SCC(=O)C(=O)OC[C@@H](c5c6c(c(C)c(C)c54)OCO6)N3[C@@H](C#N)[C@H](C2)N1C. The molecule has 0 radical (unpaired) electrons. The number of thioether (sulfide) groups is 1. The molecule has 5 aliphatic heterocycles. The van der Waals surface area contributed by atoms with Crippen molar-refractivity contribution in [2.75, 3.05) is 33.3 Å². The van der Waals surface area contributed by atoms with Gasteiger partial charge in [-0.15, -0.1) is 11.8 Å². The lowest BCUT2D eigenvalue weighted by Crippen LogP contribution is -2.69. The second-order valence-corrected chi connectivity index (χ2v) is 12.6. The number of carbonyl (C=O) groups is 2. The molecular formula is C30H31N3O7S. The number of cyclic esters (lactones) is 1. The summed E-state index contributed by atoms with van der Waals surface area (Å²) in [5, 5.41) is 22.1. The van der Waals surface area contributed by atoms with Crippen LogP contribution in [-0.2, 0) is 20.7 Å². The first-order valence-corrected chi connectivity index (χ1v) is 14.8. The van der Waals surface area contributed by atoms with E-state index in [4.69, 9.17) is 18.9 Å². The van der Waals surface area contributed by atoms with E-state index in [1.807, 2.05) is 27.8 Å². The fraction of sp³-hybridized carbons (Fsp3) is 0.500. The van der Waals surface area contributed by atoms with Gasteiger partial charge in [0.2, 0.25) is 12.6 Å². The number of ketones is 1. The Kier molecular flexibility index (Phi) is 5.98. The first-order chi connectivity index (χ1) is 19.7. The summed E-state index contributed by atoms with van der Waals surface area (Å²) >= 11 is 1.38.